The van der Waals surface area contributed by atoms with Crippen LogP contribution in [0.2, 0.25) is 0 Å². The fourth-order valence-electron chi connectivity index (χ4n) is 3.49. The van der Waals surface area contributed by atoms with Crippen molar-refractivity contribution in [2.75, 3.05) is 33.9 Å². The van der Waals surface area contributed by atoms with Crippen molar-refractivity contribution in [3.05, 3.63) is 54.1 Å². The Balaban J connectivity index is 2.14. The van der Waals surface area contributed by atoms with Crippen LogP contribution >= 0.6 is 0 Å². The van der Waals surface area contributed by atoms with Gasteiger partial charge in [0.2, 0.25) is 5.91 Å². The van der Waals surface area contributed by atoms with Gasteiger partial charge in [-0.2, -0.15) is 0 Å². The minimum atomic E-state index is -0.554. The third-order valence-corrected chi connectivity index (χ3v) is 5.39. The minimum absolute atomic E-state index is 0.129. The predicted octanol–water partition coefficient (Wildman–Crippen LogP) is 3.85. The Bertz CT molecular complexity index is 850. The van der Waals surface area contributed by atoms with E-state index in [0.29, 0.717) is 43.2 Å². The zero-order valence-corrected chi connectivity index (χ0v) is 20.1. The van der Waals surface area contributed by atoms with Gasteiger partial charge >= 0.3 is 0 Å². The van der Waals surface area contributed by atoms with Crippen LogP contribution in [0.4, 0.5) is 0 Å². The Hall–Kier alpha value is -3.22. The molecule has 7 heteroatoms. The molecule has 0 heterocycles. The summed E-state index contributed by atoms with van der Waals surface area (Å²) in [5.41, 5.74) is 1.11. The number of nitrogens with zero attached hydrogens (tertiary/aromatic N) is 1. The fraction of sp³-hybridized carbons (Fsp3) is 0.462. The molecule has 33 heavy (non-hydrogen) atoms. The summed E-state index contributed by atoms with van der Waals surface area (Å²) in [4.78, 5) is 27.7. The monoisotopic (exact) mass is 456 g/mol. The number of nitrogens with one attached hydrogen (secondary N) is 1. The molecule has 0 saturated carbocycles. The fourth-order valence-corrected chi connectivity index (χ4v) is 3.49. The van der Waals surface area contributed by atoms with Crippen LogP contribution in [0.5, 0.6) is 17.2 Å². The molecule has 0 unspecified atom stereocenters. The van der Waals surface area contributed by atoms with Gasteiger partial charge in [-0.15, -0.1) is 0 Å². The largest absolute Gasteiger partial charge is 0.496 e. The molecule has 0 aromatic heterocycles. The van der Waals surface area contributed by atoms with E-state index in [9.17, 15) is 9.59 Å². The van der Waals surface area contributed by atoms with E-state index in [1.807, 2.05) is 37.3 Å². The molecule has 2 amide bonds. The van der Waals surface area contributed by atoms with Gasteiger partial charge in [0.05, 0.1) is 14.2 Å². The first kappa shape index (κ1) is 26.0. The number of methoxy groups -OCH3 is 2. The highest BCUT2D eigenvalue weighted by Crippen LogP contribution is 2.27. The number of carbonyl (C=O) groups is 2. The van der Waals surface area contributed by atoms with Crippen LogP contribution in [0.25, 0.3) is 0 Å². The van der Waals surface area contributed by atoms with Crippen LogP contribution in [0, 0.1) is 0 Å². The van der Waals surface area contributed by atoms with Crippen molar-refractivity contribution in [2.45, 2.75) is 45.6 Å². The molecule has 2 aromatic rings. The maximum atomic E-state index is 13.2. The third kappa shape index (κ3) is 8.33. The van der Waals surface area contributed by atoms with Gasteiger partial charge in [0.15, 0.2) is 6.61 Å². The lowest BCUT2D eigenvalue weighted by atomic mass is 10.1. The van der Waals surface area contributed by atoms with Crippen molar-refractivity contribution < 1.29 is 23.8 Å². The zero-order valence-electron chi connectivity index (χ0n) is 20.1. The molecule has 2 aromatic carbocycles. The standard InChI is InChI=1S/C26H36N2O5/c1-5-7-14-27-26(30)24(6-2)28(15-13-20-11-9-8-10-12-20)25(29)19-33-23-17-21(31-3)16-22(18-23)32-4/h8-12,16-18,24H,5-7,13-15,19H2,1-4H3,(H,27,30)/t24-/m1/s1. The number of rotatable bonds is 14. The highest BCUT2D eigenvalue weighted by Gasteiger charge is 2.28. The first-order chi connectivity index (χ1) is 16.0. The molecule has 1 atom stereocenters. The second kappa shape index (κ2) is 14.0. The van der Waals surface area contributed by atoms with Crippen molar-refractivity contribution in [1.82, 2.24) is 10.2 Å². The van der Waals surface area contributed by atoms with Gasteiger partial charge in [0.25, 0.3) is 5.91 Å². The summed E-state index contributed by atoms with van der Waals surface area (Å²) < 4.78 is 16.3. The average Bonchev–Trinajstić information content (AvgIpc) is 2.85. The molecule has 0 aliphatic carbocycles. The van der Waals surface area contributed by atoms with E-state index in [4.69, 9.17) is 14.2 Å². The summed E-state index contributed by atoms with van der Waals surface area (Å²) in [6, 6.07) is 14.5. The molecule has 0 saturated heterocycles. The maximum absolute atomic E-state index is 13.2. The van der Waals surface area contributed by atoms with Crippen LogP contribution in [0.15, 0.2) is 48.5 Å². The lowest BCUT2D eigenvalue weighted by Crippen LogP contribution is -2.51. The number of carbonyl (C=O) groups excluding carboxylic acids is 2. The minimum Gasteiger partial charge on any atom is -0.496 e. The molecular formula is C26H36N2O5. The Morgan fingerprint density at radius 3 is 2.18 bits per heavy atom. The van der Waals surface area contributed by atoms with E-state index >= 15 is 0 Å². The third-order valence-electron chi connectivity index (χ3n) is 5.39. The van der Waals surface area contributed by atoms with Gasteiger partial charge in [-0.1, -0.05) is 50.6 Å². The molecule has 0 aliphatic rings. The summed E-state index contributed by atoms with van der Waals surface area (Å²) in [6.07, 6.45) is 3.07. The molecule has 1 N–H and O–H groups in total. The molecular weight excluding hydrogens is 420 g/mol. The van der Waals surface area contributed by atoms with E-state index in [0.717, 1.165) is 18.4 Å². The quantitative estimate of drug-likeness (QED) is 0.437. The predicted molar refractivity (Wildman–Crippen MR) is 129 cm³/mol. The number of unbranched alkanes of at least 4 members (excludes halogenated alkanes) is 1. The van der Waals surface area contributed by atoms with E-state index < -0.39 is 6.04 Å². The summed E-state index contributed by atoms with van der Waals surface area (Å²) >= 11 is 0. The number of benzene rings is 2. The van der Waals surface area contributed by atoms with Crippen LogP contribution in [-0.4, -0.2) is 56.7 Å². The van der Waals surface area contributed by atoms with Crippen molar-refractivity contribution in [3.63, 3.8) is 0 Å². The number of amides is 2. The van der Waals surface area contributed by atoms with Gasteiger partial charge in [0.1, 0.15) is 23.3 Å². The highest BCUT2D eigenvalue weighted by atomic mass is 16.5. The molecule has 2 rings (SSSR count). The van der Waals surface area contributed by atoms with Crippen LogP contribution in [-0.2, 0) is 16.0 Å². The van der Waals surface area contributed by atoms with E-state index in [2.05, 4.69) is 12.2 Å². The Morgan fingerprint density at radius 2 is 1.61 bits per heavy atom. The second-order valence-corrected chi connectivity index (χ2v) is 7.73. The first-order valence-corrected chi connectivity index (χ1v) is 11.5. The number of hydrogen-bond donors (Lipinski definition) is 1. The van der Waals surface area contributed by atoms with E-state index in [1.54, 1.807) is 37.3 Å². The molecule has 7 nitrogen and oxygen atoms in total. The van der Waals surface area contributed by atoms with Crippen LogP contribution in [0.3, 0.4) is 0 Å². The second-order valence-electron chi connectivity index (χ2n) is 7.73. The lowest BCUT2D eigenvalue weighted by molar-refractivity contribution is -0.142. The topological polar surface area (TPSA) is 77.1 Å². The van der Waals surface area contributed by atoms with Gasteiger partial charge in [-0.05, 0) is 24.8 Å². The highest BCUT2D eigenvalue weighted by molar-refractivity contribution is 5.88. The Kier molecular flexibility index (Phi) is 11.1. The smallest absolute Gasteiger partial charge is 0.261 e. The molecule has 0 spiro atoms. The van der Waals surface area contributed by atoms with Crippen LogP contribution in [0.1, 0.15) is 38.7 Å². The SMILES string of the molecule is CCCCNC(=O)[C@@H](CC)N(CCc1ccccc1)C(=O)COc1cc(OC)cc(OC)c1. The molecule has 180 valence electrons. The maximum Gasteiger partial charge on any atom is 0.261 e. The van der Waals surface area contributed by atoms with E-state index in [1.165, 1.54) is 0 Å². The van der Waals surface area contributed by atoms with Gasteiger partial charge in [-0.25, -0.2) is 0 Å². The average molecular weight is 457 g/mol. The van der Waals surface area contributed by atoms with Crippen LogP contribution < -0.4 is 19.5 Å². The summed E-state index contributed by atoms with van der Waals surface area (Å²) in [7, 11) is 3.11. The molecule has 0 radical (unpaired) electrons. The lowest BCUT2D eigenvalue weighted by Gasteiger charge is -2.30. The molecule has 0 aliphatic heterocycles. The van der Waals surface area contributed by atoms with Gasteiger partial charge in [0, 0.05) is 31.3 Å². The van der Waals surface area contributed by atoms with Crippen molar-refractivity contribution in [3.8, 4) is 17.2 Å². The Labute approximate surface area is 197 Å². The normalized spacial score (nSPS) is 11.4. The summed E-state index contributed by atoms with van der Waals surface area (Å²) in [5, 5.41) is 2.97. The van der Waals surface area contributed by atoms with E-state index in [-0.39, 0.29) is 18.4 Å². The van der Waals surface area contributed by atoms with Crippen molar-refractivity contribution >= 4 is 11.8 Å². The Morgan fingerprint density at radius 1 is 0.970 bits per heavy atom. The van der Waals surface area contributed by atoms with Crippen molar-refractivity contribution in [2.24, 2.45) is 0 Å². The summed E-state index contributed by atoms with van der Waals surface area (Å²) in [6.45, 7) is 4.83. The zero-order chi connectivity index (χ0) is 24.1. The molecule has 0 bridgehead atoms. The van der Waals surface area contributed by atoms with Gasteiger partial charge in [-0.3, -0.25) is 9.59 Å². The van der Waals surface area contributed by atoms with Crippen molar-refractivity contribution in [1.29, 1.82) is 0 Å². The first-order valence-electron chi connectivity index (χ1n) is 11.5. The number of hydrogen-bond acceptors (Lipinski definition) is 5. The number of ether oxygens (including phenoxy) is 3. The summed E-state index contributed by atoms with van der Waals surface area (Å²) in [5.74, 6) is 1.22. The van der Waals surface area contributed by atoms with Gasteiger partial charge < -0.3 is 24.4 Å². The molecule has 0 fully saturated rings.